The lowest BCUT2D eigenvalue weighted by molar-refractivity contribution is -0.0879. The number of ether oxygens (including phenoxy) is 1. The molecule has 0 aromatic rings. The van der Waals surface area contributed by atoms with Gasteiger partial charge in [-0.25, -0.2) is 0 Å². The average Bonchev–Trinajstić information content (AvgIpc) is 3.06. The highest BCUT2D eigenvalue weighted by Crippen LogP contribution is 2.33. The van der Waals surface area contributed by atoms with Crippen LogP contribution in [0.3, 0.4) is 0 Å². The van der Waals surface area contributed by atoms with Crippen LogP contribution in [-0.4, -0.2) is 49.3 Å². The van der Waals surface area contributed by atoms with Crippen molar-refractivity contribution in [2.75, 3.05) is 32.8 Å². The zero-order chi connectivity index (χ0) is 12.3. The maximum Gasteiger partial charge on any atom is 0.0753 e. The second kappa shape index (κ2) is 5.68. The van der Waals surface area contributed by atoms with E-state index in [1.54, 1.807) is 0 Å². The summed E-state index contributed by atoms with van der Waals surface area (Å²) in [6.45, 7) is 12.1. The maximum atomic E-state index is 5.77. The van der Waals surface area contributed by atoms with E-state index in [2.05, 4.69) is 31.0 Å². The fraction of sp³-hybridized carbons (Fsp3) is 1.00. The molecule has 1 aliphatic heterocycles. The summed E-state index contributed by atoms with van der Waals surface area (Å²) in [7, 11) is 0. The van der Waals surface area contributed by atoms with Crippen LogP contribution in [0.4, 0.5) is 0 Å². The van der Waals surface area contributed by atoms with Gasteiger partial charge < -0.3 is 10.1 Å². The predicted octanol–water partition coefficient (Wildman–Crippen LogP) is 1.88. The summed E-state index contributed by atoms with van der Waals surface area (Å²) in [5.74, 6) is 0.938. The molecule has 1 heterocycles. The van der Waals surface area contributed by atoms with Gasteiger partial charge in [-0.15, -0.1) is 0 Å². The van der Waals surface area contributed by atoms with E-state index in [1.807, 2.05) is 0 Å². The van der Waals surface area contributed by atoms with Crippen LogP contribution >= 0.6 is 0 Å². The highest BCUT2D eigenvalue weighted by Gasteiger charge is 2.34. The van der Waals surface area contributed by atoms with E-state index in [4.69, 9.17) is 4.74 Å². The van der Waals surface area contributed by atoms with Crippen LogP contribution < -0.4 is 5.32 Å². The smallest absolute Gasteiger partial charge is 0.0753 e. The molecule has 2 aliphatic rings. The Morgan fingerprint density at radius 2 is 2.18 bits per heavy atom. The van der Waals surface area contributed by atoms with Gasteiger partial charge in [-0.1, -0.05) is 6.92 Å². The molecule has 17 heavy (non-hydrogen) atoms. The summed E-state index contributed by atoms with van der Waals surface area (Å²) in [5, 5.41) is 3.72. The number of morpholine rings is 1. The van der Waals surface area contributed by atoms with E-state index in [0.29, 0.717) is 6.04 Å². The van der Waals surface area contributed by atoms with Crippen molar-refractivity contribution in [2.45, 2.75) is 51.7 Å². The summed E-state index contributed by atoms with van der Waals surface area (Å²) in [6.07, 6.45) is 4.09. The number of hydrogen-bond donors (Lipinski definition) is 1. The van der Waals surface area contributed by atoms with Crippen LogP contribution in [0.1, 0.15) is 40.0 Å². The van der Waals surface area contributed by atoms with Crippen LogP contribution in [-0.2, 0) is 4.74 Å². The molecular formula is C14H28N2O. The van der Waals surface area contributed by atoms with Crippen molar-refractivity contribution in [3.63, 3.8) is 0 Å². The first-order valence-corrected chi connectivity index (χ1v) is 7.20. The lowest BCUT2D eigenvalue weighted by atomic mass is 10.1. The molecule has 1 saturated heterocycles. The molecule has 0 radical (unpaired) electrons. The molecule has 0 bridgehead atoms. The molecule has 1 atom stereocenters. The highest BCUT2D eigenvalue weighted by atomic mass is 16.5. The Morgan fingerprint density at radius 3 is 2.76 bits per heavy atom. The van der Waals surface area contributed by atoms with Gasteiger partial charge in [0.25, 0.3) is 0 Å². The molecule has 0 spiro atoms. The zero-order valence-corrected chi connectivity index (χ0v) is 11.7. The van der Waals surface area contributed by atoms with Crippen molar-refractivity contribution in [1.29, 1.82) is 0 Å². The largest absolute Gasteiger partial charge is 0.373 e. The molecule has 2 rings (SSSR count). The highest BCUT2D eigenvalue weighted by molar-refractivity contribution is 4.90. The third kappa shape index (κ3) is 4.23. The fourth-order valence-electron chi connectivity index (χ4n) is 2.76. The van der Waals surface area contributed by atoms with Crippen molar-refractivity contribution >= 4 is 0 Å². The average molecular weight is 240 g/mol. The Balaban J connectivity index is 1.80. The van der Waals surface area contributed by atoms with Gasteiger partial charge in [0.05, 0.1) is 12.2 Å². The fourth-order valence-corrected chi connectivity index (χ4v) is 2.76. The Morgan fingerprint density at radius 1 is 1.41 bits per heavy atom. The molecule has 1 unspecified atom stereocenters. The quantitative estimate of drug-likeness (QED) is 0.767. The van der Waals surface area contributed by atoms with Gasteiger partial charge >= 0.3 is 0 Å². The summed E-state index contributed by atoms with van der Waals surface area (Å²) in [5.41, 5.74) is 0.0388. The SMILES string of the molecule is CCCNC(CN1CCOC(C)(C)C1)C1CC1. The Bertz CT molecular complexity index is 238. The molecule has 0 amide bonds. The third-order valence-corrected chi connectivity index (χ3v) is 3.81. The van der Waals surface area contributed by atoms with Gasteiger partial charge in [0.2, 0.25) is 0 Å². The number of nitrogens with one attached hydrogen (secondary N) is 1. The molecule has 3 heteroatoms. The Labute approximate surface area is 106 Å². The zero-order valence-electron chi connectivity index (χ0n) is 11.7. The third-order valence-electron chi connectivity index (χ3n) is 3.81. The van der Waals surface area contributed by atoms with Crippen LogP contribution in [0.2, 0.25) is 0 Å². The minimum Gasteiger partial charge on any atom is -0.373 e. The van der Waals surface area contributed by atoms with Gasteiger partial charge in [0.1, 0.15) is 0 Å². The van der Waals surface area contributed by atoms with Gasteiger partial charge in [-0.2, -0.15) is 0 Å². The second-order valence-electron chi connectivity index (χ2n) is 6.24. The second-order valence-corrected chi connectivity index (χ2v) is 6.24. The molecule has 0 aromatic carbocycles. The first-order chi connectivity index (χ1) is 8.11. The molecule has 1 saturated carbocycles. The van der Waals surface area contributed by atoms with E-state index >= 15 is 0 Å². The van der Waals surface area contributed by atoms with Crippen LogP contribution in [0.5, 0.6) is 0 Å². The lowest BCUT2D eigenvalue weighted by Gasteiger charge is -2.39. The van der Waals surface area contributed by atoms with Crippen LogP contribution in [0.25, 0.3) is 0 Å². The van der Waals surface area contributed by atoms with E-state index in [1.165, 1.54) is 25.8 Å². The minimum absolute atomic E-state index is 0.0388. The normalized spacial score (nSPS) is 27.0. The molecule has 1 aliphatic carbocycles. The molecular weight excluding hydrogens is 212 g/mol. The van der Waals surface area contributed by atoms with E-state index in [0.717, 1.165) is 32.2 Å². The first kappa shape index (κ1) is 13.3. The minimum atomic E-state index is 0.0388. The Kier molecular flexibility index (Phi) is 4.45. The van der Waals surface area contributed by atoms with Gasteiger partial charge in [0.15, 0.2) is 0 Å². The van der Waals surface area contributed by atoms with Gasteiger partial charge in [0, 0.05) is 25.7 Å². The van der Waals surface area contributed by atoms with E-state index in [9.17, 15) is 0 Å². The first-order valence-electron chi connectivity index (χ1n) is 7.20. The topological polar surface area (TPSA) is 24.5 Å². The monoisotopic (exact) mass is 240 g/mol. The number of hydrogen-bond acceptors (Lipinski definition) is 3. The lowest BCUT2D eigenvalue weighted by Crippen LogP contribution is -2.52. The van der Waals surface area contributed by atoms with Crippen molar-refractivity contribution in [2.24, 2.45) is 5.92 Å². The van der Waals surface area contributed by atoms with Crippen LogP contribution in [0, 0.1) is 5.92 Å². The summed E-state index contributed by atoms with van der Waals surface area (Å²) >= 11 is 0. The van der Waals surface area contributed by atoms with E-state index in [-0.39, 0.29) is 5.60 Å². The molecule has 1 N–H and O–H groups in total. The summed E-state index contributed by atoms with van der Waals surface area (Å²) in [4.78, 5) is 2.58. The predicted molar refractivity (Wildman–Crippen MR) is 71.3 cm³/mol. The number of nitrogens with zero attached hydrogens (tertiary/aromatic N) is 1. The summed E-state index contributed by atoms with van der Waals surface area (Å²) in [6, 6.07) is 0.712. The standard InChI is InChI=1S/C14H28N2O/c1-4-7-15-13(12-5-6-12)10-16-8-9-17-14(2,3)11-16/h12-13,15H,4-11H2,1-3H3. The van der Waals surface area contributed by atoms with E-state index < -0.39 is 0 Å². The Hall–Kier alpha value is -0.120. The van der Waals surface area contributed by atoms with Crippen molar-refractivity contribution in [3.8, 4) is 0 Å². The van der Waals surface area contributed by atoms with Gasteiger partial charge in [-0.05, 0) is 45.6 Å². The van der Waals surface area contributed by atoms with Crippen molar-refractivity contribution < 1.29 is 4.74 Å². The van der Waals surface area contributed by atoms with Crippen molar-refractivity contribution in [1.82, 2.24) is 10.2 Å². The number of rotatable bonds is 6. The maximum absolute atomic E-state index is 5.77. The van der Waals surface area contributed by atoms with Crippen LogP contribution in [0.15, 0.2) is 0 Å². The summed E-state index contributed by atoms with van der Waals surface area (Å²) < 4.78 is 5.77. The van der Waals surface area contributed by atoms with Crippen molar-refractivity contribution in [3.05, 3.63) is 0 Å². The van der Waals surface area contributed by atoms with Gasteiger partial charge in [-0.3, -0.25) is 4.90 Å². The molecule has 0 aromatic heterocycles. The molecule has 3 nitrogen and oxygen atoms in total. The molecule has 100 valence electrons. The molecule has 2 fully saturated rings.